The van der Waals surface area contributed by atoms with Crippen molar-refractivity contribution in [2.75, 3.05) is 11.9 Å². The second-order valence-electron chi connectivity index (χ2n) is 6.64. The van der Waals surface area contributed by atoms with Crippen molar-refractivity contribution in [2.24, 2.45) is 14.1 Å². The average Bonchev–Trinajstić information content (AvgIpc) is 3.25. The highest BCUT2D eigenvalue weighted by Gasteiger charge is 2.18. The maximum atomic E-state index is 12.7. The fourth-order valence-electron chi connectivity index (χ4n) is 3.48. The van der Waals surface area contributed by atoms with E-state index in [1.165, 1.54) is 15.5 Å². The quantitative estimate of drug-likeness (QED) is 0.512. The van der Waals surface area contributed by atoms with Crippen molar-refractivity contribution in [3.05, 3.63) is 56.9 Å². The second-order valence-corrected chi connectivity index (χ2v) is 6.64. The molecule has 8 nitrogen and oxygen atoms in total. The lowest BCUT2D eigenvalue weighted by Crippen LogP contribution is -2.39. The van der Waals surface area contributed by atoms with Crippen molar-refractivity contribution in [1.29, 1.82) is 0 Å². The van der Waals surface area contributed by atoms with Crippen LogP contribution in [-0.4, -0.2) is 30.2 Å². The van der Waals surface area contributed by atoms with Crippen LogP contribution in [0.1, 0.15) is 5.56 Å². The van der Waals surface area contributed by atoms with Crippen LogP contribution < -0.4 is 16.6 Å². The van der Waals surface area contributed by atoms with Gasteiger partial charge in [-0.2, -0.15) is 4.98 Å². The number of rotatable bonds is 5. The summed E-state index contributed by atoms with van der Waals surface area (Å²) < 4.78 is 4.05. The largest absolute Gasteiger partial charge is 0.361 e. The Morgan fingerprint density at radius 1 is 1.21 bits per heavy atom. The molecule has 0 radical (unpaired) electrons. The van der Waals surface area contributed by atoms with Crippen molar-refractivity contribution < 1.29 is 0 Å². The molecule has 3 heterocycles. The van der Waals surface area contributed by atoms with Crippen LogP contribution in [0, 0.1) is 12.3 Å². The van der Waals surface area contributed by atoms with Crippen LogP contribution in [-0.2, 0) is 27.1 Å². The number of hydrogen-bond acceptors (Lipinski definition) is 4. The highest BCUT2D eigenvalue weighted by Crippen LogP contribution is 2.18. The predicted octanol–water partition coefficient (Wildman–Crippen LogP) is 1.20. The molecule has 2 N–H and O–H groups in total. The minimum atomic E-state index is -0.473. The Bertz CT molecular complexity index is 1350. The number of terminal acetylenes is 1. The number of aromatic nitrogens is 5. The molecule has 8 heteroatoms. The summed E-state index contributed by atoms with van der Waals surface area (Å²) >= 11 is 0. The summed E-state index contributed by atoms with van der Waals surface area (Å²) in [6.45, 7) is 0.557. The van der Waals surface area contributed by atoms with E-state index in [4.69, 9.17) is 6.42 Å². The number of aryl methyl sites for hydroxylation is 2. The number of para-hydroxylation sites is 1. The summed E-state index contributed by atoms with van der Waals surface area (Å²) in [7, 11) is 3.33. The zero-order valence-corrected chi connectivity index (χ0v) is 15.7. The molecule has 4 aromatic rings. The zero-order valence-electron chi connectivity index (χ0n) is 15.7. The molecule has 0 aliphatic carbocycles. The van der Waals surface area contributed by atoms with E-state index in [-0.39, 0.29) is 6.54 Å². The van der Waals surface area contributed by atoms with Crippen molar-refractivity contribution in [1.82, 2.24) is 23.7 Å². The van der Waals surface area contributed by atoms with Gasteiger partial charge in [0, 0.05) is 37.7 Å². The van der Waals surface area contributed by atoms with Gasteiger partial charge >= 0.3 is 5.69 Å². The first kappa shape index (κ1) is 17.7. The minimum Gasteiger partial charge on any atom is -0.361 e. The van der Waals surface area contributed by atoms with Gasteiger partial charge in [-0.1, -0.05) is 24.1 Å². The number of nitrogens with one attached hydrogen (secondary N) is 2. The molecule has 0 bridgehead atoms. The molecule has 3 aromatic heterocycles. The Morgan fingerprint density at radius 2 is 2.00 bits per heavy atom. The summed E-state index contributed by atoms with van der Waals surface area (Å²) in [6.07, 6.45) is 8.08. The molecule has 4 rings (SSSR count). The molecule has 0 aliphatic rings. The third-order valence-electron chi connectivity index (χ3n) is 4.96. The van der Waals surface area contributed by atoms with E-state index >= 15 is 0 Å². The number of fused-ring (bicyclic) bond motifs is 2. The van der Waals surface area contributed by atoms with E-state index in [1.807, 2.05) is 24.4 Å². The SMILES string of the molecule is C#CCn1c(=O)c2c(nc(NCCc3c[nH]c4ccccc34)n2C)n(C)c1=O. The summed E-state index contributed by atoms with van der Waals surface area (Å²) in [5.74, 6) is 2.88. The maximum absolute atomic E-state index is 12.7. The number of benzene rings is 1. The second kappa shape index (κ2) is 6.78. The van der Waals surface area contributed by atoms with Crippen molar-refractivity contribution >= 4 is 28.0 Å². The van der Waals surface area contributed by atoms with Crippen LogP contribution in [0.4, 0.5) is 5.95 Å². The molecule has 0 spiro atoms. The summed E-state index contributed by atoms with van der Waals surface area (Å²) in [5, 5.41) is 4.45. The standard InChI is InChI=1S/C20H20N6O2/c1-4-11-26-18(27)16-17(25(3)20(26)28)23-19(24(16)2)21-10-9-13-12-22-15-8-6-5-7-14(13)15/h1,5-8,12,22H,9-11H2,2-3H3,(H,21,23). The molecule has 142 valence electrons. The Morgan fingerprint density at radius 3 is 2.79 bits per heavy atom. The van der Waals surface area contributed by atoms with Crippen LogP contribution in [0.5, 0.6) is 0 Å². The average molecular weight is 376 g/mol. The fraction of sp³-hybridized carbons (Fsp3) is 0.250. The van der Waals surface area contributed by atoms with E-state index in [0.29, 0.717) is 23.7 Å². The van der Waals surface area contributed by atoms with Gasteiger partial charge < -0.3 is 14.9 Å². The maximum Gasteiger partial charge on any atom is 0.333 e. The normalized spacial score (nSPS) is 11.2. The molecular weight excluding hydrogens is 356 g/mol. The van der Waals surface area contributed by atoms with Gasteiger partial charge in [0.25, 0.3) is 5.56 Å². The molecule has 1 aromatic carbocycles. The lowest BCUT2D eigenvalue weighted by Gasteiger charge is -2.06. The first-order valence-corrected chi connectivity index (χ1v) is 8.91. The van der Waals surface area contributed by atoms with E-state index < -0.39 is 11.2 Å². The number of aromatic amines is 1. The molecule has 0 saturated heterocycles. The van der Waals surface area contributed by atoms with Gasteiger partial charge in [0.15, 0.2) is 11.2 Å². The smallest absolute Gasteiger partial charge is 0.333 e. The van der Waals surface area contributed by atoms with Crippen LogP contribution in [0.25, 0.3) is 22.1 Å². The first-order valence-electron chi connectivity index (χ1n) is 8.91. The van der Waals surface area contributed by atoms with Gasteiger partial charge in [-0.15, -0.1) is 6.42 Å². The summed E-state index contributed by atoms with van der Waals surface area (Å²) in [4.78, 5) is 32.8. The third-order valence-corrected chi connectivity index (χ3v) is 4.96. The van der Waals surface area contributed by atoms with E-state index in [9.17, 15) is 9.59 Å². The number of hydrogen-bond donors (Lipinski definition) is 2. The van der Waals surface area contributed by atoms with E-state index in [2.05, 4.69) is 27.3 Å². The Balaban J connectivity index is 1.65. The third kappa shape index (κ3) is 2.68. The van der Waals surface area contributed by atoms with E-state index in [0.717, 1.165) is 16.5 Å². The van der Waals surface area contributed by atoms with Crippen LogP contribution in [0.2, 0.25) is 0 Å². The number of H-pyrrole nitrogens is 1. The van der Waals surface area contributed by atoms with Crippen molar-refractivity contribution in [2.45, 2.75) is 13.0 Å². The molecule has 28 heavy (non-hydrogen) atoms. The predicted molar refractivity (Wildman–Crippen MR) is 110 cm³/mol. The van der Waals surface area contributed by atoms with Gasteiger partial charge in [-0.3, -0.25) is 9.36 Å². The lowest BCUT2D eigenvalue weighted by atomic mass is 10.1. The molecular formula is C20H20N6O2. The topological polar surface area (TPSA) is 89.6 Å². The van der Waals surface area contributed by atoms with Gasteiger partial charge in [0.2, 0.25) is 5.95 Å². The van der Waals surface area contributed by atoms with Crippen LogP contribution >= 0.6 is 0 Å². The lowest BCUT2D eigenvalue weighted by molar-refractivity contribution is 0.674. The highest BCUT2D eigenvalue weighted by molar-refractivity contribution is 5.83. The zero-order chi connectivity index (χ0) is 19.8. The fourth-order valence-corrected chi connectivity index (χ4v) is 3.48. The van der Waals surface area contributed by atoms with Gasteiger partial charge in [-0.25, -0.2) is 9.36 Å². The van der Waals surface area contributed by atoms with Crippen LogP contribution in [0.15, 0.2) is 40.1 Å². The summed E-state index contributed by atoms with van der Waals surface area (Å²) in [6, 6.07) is 8.14. The van der Waals surface area contributed by atoms with Crippen molar-refractivity contribution in [3.8, 4) is 12.3 Å². The molecule has 0 amide bonds. The van der Waals surface area contributed by atoms with Crippen LogP contribution in [0.3, 0.4) is 0 Å². The molecule has 0 fully saturated rings. The van der Waals surface area contributed by atoms with Gasteiger partial charge in [0.1, 0.15) is 0 Å². The number of nitrogens with zero attached hydrogens (tertiary/aromatic N) is 4. The first-order chi connectivity index (χ1) is 13.5. The van der Waals surface area contributed by atoms with Gasteiger partial charge in [-0.05, 0) is 18.1 Å². The monoisotopic (exact) mass is 376 g/mol. The molecule has 0 aliphatic heterocycles. The molecule has 0 atom stereocenters. The van der Waals surface area contributed by atoms with Gasteiger partial charge in [0.05, 0.1) is 6.54 Å². The summed E-state index contributed by atoms with van der Waals surface area (Å²) in [5.41, 5.74) is 2.07. The number of imidazole rings is 1. The Hall–Kier alpha value is -3.73. The Kier molecular flexibility index (Phi) is 4.28. The molecule has 0 saturated carbocycles. The molecule has 0 unspecified atom stereocenters. The highest BCUT2D eigenvalue weighted by atomic mass is 16.2. The Labute approximate surface area is 160 Å². The van der Waals surface area contributed by atoms with E-state index in [1.54, 1.807) is 18.7 Å². The minimum absolute atomic E-state index is 0.0735. The van der Waals surface area contributed by atoms with Crippen molar-refractivity contribution in [3.63, 3.8) is 0 Å². The number of anilines is 1.